The number of hydrogen-bond donors (Lipinski definition) is 0. The van der Waals surface area contributed by atoms with Crippen LogP contribution in [0.25, 0.3) is 0 Å². The van der Waals surface area contributed by atoms with Gasteiger partial charge in [-0.1, -0.05) is 35.9 Å². The molecule has 96 valence electrons. The first-order valence-corrected chi connectivity index (χ1v) is 7.42. The molecule has 0 N–H and O–H groups in total. The molecule has 4 heteroatoms. The molecule has 1 aromatic heterocycles. The lowest BCUT2D eigenvalue weighted by Crippen LogP contribution is -2.02. The fourth-order valence-corrected chi connectivity index (χ4v) is 3.10. The number of benzene rings is 1. The van der Waals surface area contributed by atoms with Gasteiger partial charge >= 0.3 is 0 Å². The molecule has 0 bridgehead atoms. The van der Waals surface area contributed by atoms with Gasteiger partial charge in [0.15, 0.2) is 0 Å². The maximum absolute atomic E-state index is 12.1. The molecule has 0 aliphatic carbocycles. The van der Waals surface area contributed by atoms with Gasteiger partial charge in [0, 0.05) is 28.3 Å². The summed E-state index contributed by atoms with van der Waals surface area (Å²) in [5.41, 5.74) is 3.32. The van der Waals surface area contributed by atoms with Crippen LogP contribution in [-0.2, 0) is 22.3 Å². The predicted molar refractivity (Wildman–Crippen MR) is 75.7 cm³/mol. The van der Waals surface area contributed by atoms with Crippen LogP contribution in [-0.4, -0.2) is 9.19 Å². The second kappa shape index (κ2) is 6.26. The Balaban J connectivity index is 2.08. The molecular formula is C15H14N2OS. The summed E-state index contributed by atoms with van der Waals surface area (Å²) in [7, 11) is -1.03. The van der Waals surface area contributed by atoms with Crippen LogP contribution < -0.4 is 0 Å². The summed E-state index contributed by atoms with van der Waals surface area (Å²) in [6.07, 6.45) is 1.57. The second-order valence-corrected chi connectivity index (χ2v) is 5.80. The van der Waals surface area contributed by atoms with Crippen LogP contribution in [0.5, 0.6) is 0 Å². The summed E-state index contributed by atoms with van der Waals surface area (Å²) in [4.78, 5) is 3.98. The molecule has 0 saturated carbocycles. The van der Waals surface area contributed by atoms with Gasteiger partial charge < -0.3 is 0 Å². The molecule has 0 fully saturated rings. The van der Waals surface area contributed by atoms with Crippen LogP contribution in [0.2, 0.25) is 0 Å². The van der Waals surface area contributed by atoms with Crippen LogP contribution in [0, 0.1) is 18.3 Å². The molecule has 19 heavy (non-hydrogen) atoms. The van der Waals surface area contributed by atoms with Crippen molar-refractivity contribution in [2.24, 2.45) is 0 Å². The number of nitrogens with zero attached hydrogens (tertiary/aromatic N) is 2. The quantitative estimate of drug-likeness (QED) is 0.858. The molecule has 2 rings (SSSR count). The summed E-state index contributed by atoms with van der Waals surface area (Å²) in [6, 6.07) is 13.6. The van der Waals surface area contributed by atoms with Crippen LogP contribution in [0.4, 0.5) is 0 Å². The highest BCUT2D eigenvalue weighted by Crippen LogP contribution is 2.12. The zero-order chi connectivity index (χ0) is 13.7. The standard InChI is InChI=1S/C15H14N2OS/c1-12-4-2-5-13(8-12)10-19(18)11-14-6-3-7-17-15(14)9-16/h2-8H,10-11H2,1H3. The number of pyridine rings is 1. The molecule has 1 heterocycles. The normalized spacial score (nSPS) is 11.8. The lowest BCUT2D eigenvalue weighted by molar-refractivity contribution is 0.682. The number of aryl methyl sites for hydroxylation is 1. The summed E-state index contributed by atoms with van der Waals surface area (Å²) < 4.78 is 12.1. The van der Waals surface area contributed by atoms with Crippen molar-refractivity contribution < 1.29 is 4.21 Å². The Morgan fingerprint density at radius 3 is 2.84 bits per heavy atom. The molecule has 1 atom stereocenters. The second-order valence-electron chi connectivity index (χ2n) is 4.34. The molecule has 0 radical (unpaired) electrons. The molecule has 1 unspecified atom stereocenters. The average molecular weight is 270 g/mol. The van der Waals surface area contributed by atoms with Crippen molar-refractivity contribution >= 4 is 10.8 Å². The first-order chi connectivity index (χ1) is 9.19. The zero-order valence-corrected chi connectivity index (χ0v) is 11.5. The Bertz CT molecular complexity index is 647. The van der Waals surface area contributed by atoms with E-state index in [0.29, 0.717) is 17.2 Å². The minimum Gasteiger partial charge on any atom is -0.259 e. The van der Waals surface area contributed by atoms with Gasteiger partial charge in [0.25, 0.3) is 0 Å². The largest absolute Gasteiger partial charge is 0.259 e. The van der Waals surface area contributed by atoms with E-state index in [1.54, 1.807) is 18.3 Å². The third kappa shape index (κ3) is 3.73. The molecule has 0 aliphatic rings. The summed E-state index contributed by atoms with van der Waals surface area (Å²) >= 11 is 0. The van der Waals surface area contributed by atoms with Gasteiger partial charge in [0.05, 0.1) is 5.75 Å². The number of rotatable bonds is 4. The molecule has 0 spiro atoms. The molecule has 3 nitrogen and oxygen atoms in total. The molecular weight excluding hydrogens is 256 g/mol. The highest BCUT2D eigenvalue weighted by molar-refractivity contribution is 7.83. The fourth-order valence-electron chi connectivity index (χ4n) is 1.87. The van der Waals surface area contributed by atoms with Crippen molar-refractivity contribution in [3.63, 3.8) is 0 Å². The molecule has 2 aromatic rings. The Morgan fingerprint density at radius 1 is 1.26 bits per heavy atom. The lowest BCUT2D eigenvalue weighted by Gasteiger charge is -2.05. The topological polar surface area (TPSA) is 53.8 Å². The van der Waals surface area contributed by atoms with Crippen molar-refractivity contribution in [2.45, 2.75) is 18.4 Å². The smallest absolute Gasteiger partial charge is 0.144 e. The van der Waals surface area contributed by atoms with Gasteiger partial charge in [-0.3, -0.25) is 4.21 Å². The Kier molecular flexibility index (Phi) is 4.43. The maximum Gasteiger partial charge on any atom is 0.144 e. The highest BCUT2D eigenvalue weighted by Gasteiger charge is 2.08. The average Bonchev–Trinajstić information content (AvgIpc) is 2.39. The van der Waals surface area contributed by atoms with Crippen LogP contribution >= 0.6 is 0 Å². The molecule has 0 saturated heterocycles. The SMILES string of the molecule is Cc1cccc(CS(=O)Cc2cccnc2C#N)c1. The number of nitriles is 1. The van der Waals surface area contributed by atoms with Crippen LogP contribution in [0.3, 0.4) is 0 Å². The van der Waals surface area contributed by atoms with Crippen LogP contribution in [0.15, 0.2) is 42.6 Å². The third-order valence-corrected chi connectivity index (χ3v) is 4.01. The van der Waals surface area contributed by atoms with E-state index in [1.807, 2.05) is 37.3 Å². The first kappa shape index (κ1) is 13.4. The van der Waals surface area contributed by atoms with E-state index in [0.717, 1.165) is 16.7 Å². The van der Waals surface area contributed by atoms with E-state index < -0.39 is 10.8 Å². The lowest BCUT2D eigenvalue weighted by atomic mass is 10.2. The van der Waals surface area contributed by atoms with E-state index in [2.05, 4.69) is 4.98 Å². The van der Waals surface area contributed by atoms with Crippen molar-refractivity contribution in [1.29, 1.82) is 5.26 Å². The van der Waals surface area contributed by atoms with E-state index in [1.165, 1.54) is 0 Å². The third-order valence-electron chi connectivity index (χ3n) is 2.72. The van der Waals surface area contributed by atoms with E-state index in [-0.39, 0.29) is 0 Å². The Morgan fingerprint density at radius 2 is 2.11 bits per heavy atom. The van der Waals surface area contributed by atoms with E-state index in [9.17, 15) is 4.21 Å². The fraction of sp³-hybridized carbons (Fsp3) is 0.200. The monoisotopic (exact) mass is 270 g/mol. The predicted octanol–water partition coefficient (Wildman–Crippen LogP) is 2.71. The molecule has 0 aliphatic heterocycles. The van der Waals surface area contributed by atoms with Gasteiger partial charge in [0.2, 0.25) is 0 Å². The van der Waals surface area contributed by atoms with Crippen molar-refractivity contribution in [1.82, 2.24) is 4.98 Å². The molecule has 0 amide bonds. The number of hydrogen-bond acceptors (Lipinski definition) is 3. The van der Waals surface area contributed by atoms with Crippen LogP contribution in [0.1, 0.15) is 22.4 Å². The van der Waals surface area contributed by atoms with Gasteiger partial charge in [-0.15, -0.1) is 0 Å². The van der Waals surface area contributed by atoms with E-state index >= 15 is 0 Å². The Hall–Kier alpha value is -1.99. The van der Waals surface area contributed by atoms with Gasteiger partial charge in [0.1, 0.15) is 11.8 Å². The summed E-state index contributed by atoms with van der Waals surface area (Å²) in [5.74, 6) is 0.867. The molecule has 1 aromatic carbocycles. The van der Waals surface area contributed by atoms with E-state index in [4.69, 9.17) is 5.26 Å². The van der Waals surface area contributed by atoms with Crippen molar-refractivity contribution in [3.05, 3.63) is 65.0 Å². The van der Waals surface area contributed by atoms with Crippen molar-refractivity contribution in [2.75, 3.05) is 0 Å². The van der Waals surface area contributed by atoms with Gasteiger partial charge in [-0.2, -0.15) is 5.26 Å². The Labute approximate surface area is 115 Å². The van der Waals surface area contributed by atoms with Gasteiger partial charge in [-0.05, 0) is 18.6 Å². The van der Waals surface area contributed by atoms with Crippen molar-refractivity contribution in [3.8, 4) is 6.07 Å². The first-order valence-electron chi connectivity index (χ1n) is 5.93. The maximum atomic E-state index is 12.1. The number of aromatic nitrogens is 1. The minimum absolute atomic E-state index is 0.361. The zero-order valence-electron chi connectivity index (χ0n) is 10.7. The minimum atomic E-state index is -1.03. The summed E-state index contributed by atoms with van der Waals surface area (Å²) in [5, 5.41) is 8.95. The highest BCUT2D eigenvalue weighted by atomic mass is 32.2. The van der Waals surface area contributed by atoms with Gasteiger partial charge in [-0.25, -0.2) is 4.98 Å². The summed E-state index contributed by atoms with van der Waals surface area (Å²) in [6.45, 7) is 2.02.